The molecule has 8 heteroatoms. The zero-order chi connectivity index (χ0) is 15.8. The van der Waals surface area contributed by atoms with E-state index in [2.05, 4.69) is 20.3 Å². The van der Waals surface area contributed by atoms with E-state index in [1.54, 1.807) is 20.9 Å². The highest BCUT2D eigenvalue weighted by atomic mass is 32.2. The Balaban J connectivity index is 3.41. The van der Waals surface area contributed by atoms with Gasteiger partial charge in [-0.25, -0.2) is 19.8 Å². The van der Waals surface area contributed by atoms with Gasteiger partial charge in [0.25, 0.3) is 0 Å². The molecule has 0 aromatic carbocycles. The van der Waals surface area contributed by atoms with E-state index < -0.39 is 5.97 Å². The molecule has 1 aromatic heterocycles. The molecule has 0 atom stereocenters. The predicted octanol–water partition coefficient (Wildman–Crippen LogP) is 1.63. The molecule has 0 aliphatic rings. The summed E-state index contributed by atoms with van der Waals surface area (Å²) >= 11 is 1.36. The van der Waals surface area contributed by atoms with E-state index in [0.29, 0.717) is 23.1 Å². The lowest BCUT2D eigenvalue weighted by Gasteiger charge is -2.09. The van der Waals surface area contributed by atoms with E-state index in [-0.39, 0.29) is 18.0 Å². The van der Waals surface area contributed by atoms with Crippen molar-refractivity contribution in [3.05, 3.63) is 11.3 Å². The molecule has 0 saturated carbocycles. The highest BCUT2D eigenvalue weighted by molar-refractivity contribution is 7.98. The van der Waals surface area contributed by atoms with E-state index >= 15 is 0 Å². The average molecular weight is 309 g/mol. The molecule has 1 aromatic rings. The van der Waals surface area contributed by atoms with E-state index in [1.165, 1.54) is 11.8 Å². The van der Waals surface area contributed by atoms with Crippen LogP contribution in [0.25, 0.3) is 0 Å². The number of aliphatic imine (C=N–C) groups is 1. The number of hydrogen-bond donors (Lipinski definition) is 2. The molecule has 0 bridgehead atoms. The van der Waals surface area contributed by atoms with Crippen LogP contribution in [-0.2, 0) is 4.74 Å². The lowest BCUT2D eigenvalue weighted by atomic mass is 10.2. The van der Waals surface area contributed by atoms with E-state index in [4.69, 9.17) is 10.1 Å². The summed E-state index contributed by atoms with van der Waals surface area (Å²) in [4.78, 5) is 24.8. The Bertz CT molecular complexity index is 560. The number of hydrogen-bond acceptors (Lipinski definition) is 8. The summed E-state index contributed by atoms with van der Waals surface area (Å²) in [6.07, 6.45) is 2.97. The number of ether oxygens (including phenoxy) is 1. The van der Waals surface area contributed by atoms with Gasteiger partial charge >= 0.3 is 5.97 Å². The first-order valence-corrected chi connectivity index (χ1v) is 7.62. The average Bonchev–Trinajstić information content (AvgIpc) is 2.46. The number of aryl methyl sites for hydroxylation is 1. The van der Waals surface area contributed by atoms with Crippen molar-refractivity contribution in [1.82, 2.24) is 15.3 Å². The van der Waals surface area contributed by atoms with Crippen molar-refractivity contribution in [3.63, 3.8) is 0 Å². The van der Waals surface area contributed by atoms with Crippen molar-refractivity contribution < 1.29 is 9.53 Å². The Morgan fingerprint density at radius 2 is 2.24 bits per heavy atom. The molecule has 0 aliphatic heterocycles. The maximum Gasteiger partial charge on any atom is 0.343 e. The molecule has 0 radical (unpaired) electrons. The van der Waals surface area contributed by atoms with Gasteiger partial charge in [0, 0.05) is 12.8 Å². The summed E-state index contributed by atoms with van der Waals surface area (Å²) in [6, 6.07) is 0. The second-order valence-corrected chi connectivity index (χ2v) is 4.77. The van der Waals surface area contributed by atoms with Gasteiger partial charge in [0.05, 0.1) is 18.0 Å². The summed E-state index contributed by atoms with van der Waals surface area (Å²) in [5.74, 6) is -0.269. The highest BCUT2D eigenvalue weighted by Crippen LogP contribution is 2.23. The summed E-state index contributed by atoms with van der Waals surface area (Å²) in [7, 11) is 1.75. The Kier molecular flexibility index (Phi) is 6.97. The van der Waals surface area contributed by atoms with E-state index in [1.807, 2.05) is 6.26 Å². The lowest BCUT2D eigenvalue weighted by Crippen LogP contribution is -2.20. The van der Waals surface area contributed by atoms with Gasteiger partial charge in [0.1, 0.15) is 5.56 Å². The Labute approximate surface area is 128 Å². The van der Waals surface area contributed by atoms with Crippen LogP contribution in [0.5, 0.6) is 0 Å². The predicted molar refractivity (Wildman–Crippen MR) is 84.3 cm³/mol. The molecule has 114 valence electrons. The molecule has 2 N–H and O–H groups in total. The zero-order valence-electron chi connectivity index (χ0n) is 12.6. The summed E-state index contributed by atoms with van der Waals surface area (Å²) in [5.41, 5.74) is 1.22. The van der Waals surface area contributed by atoms with Crippen molar-refractivity contribution in [3.8, 4) is 0 Å². The molecular weight excluding hydrogens is 290 g/mol. The summed E-state index contributed by atoms with van der Waals surface area (Å²) in [5, 5.41) is 10.8. The monoisotopic (exact) mass is 309 g/mol. The third kappa shape index (κ3) is 4.61. The molecule has 0 saturated heterocycles. The van der Waals surface area contributed by atoms with E-state index in [9.17, 15) is 4.79 Å². The number of nitrogens with one attached hydrogen (secondary N) is 2. The van der Waals surface area contributed by atoms with Crippen molar-refractivity contribution in [1.29, 1.82) is 5.41 Å². The van der Waals surface area contributed by atoms with Crippen LogP contribution < -0.4 is 5.32 Å². The van der Waals surface area contributed by atoms with Gasteiger partial charge < -0.3 is 15.5 Å². The molecule has 0 fully saturated rings. The number of carbonyl (C=O) groups is 1. The fraction of sp³-hybridized carbons (Fsp3) is 0.462. The lowest BCUT2D eigenvalue weighted by molar-refractivity contribution is 0.0525. The van der Waals surface area contributed by atoms with Crippen molar-refractivity contribution in [2.75, 3.05) is 26.5 Å². The standard InChI is InChI=1S/C13H19N5O2S/c1-5-20-12(19)10-8(2)16-13(21-4)18-11(10)17-9(6-14)7-15-3/h6,14-15H,5,7H2,1-4H3. The summed E-state index contributed by atoms with van der Waals surface area (Å²) in [6.45, 7) is 4.12. The minimum absolute atomic E-state index is 0.235. The molecule has 7 nitrogen and oxygen atoms in total. The van der Waals surface area contributed by atoms with Gasteiger partial charge in [0.2, 0.25) is 0 Å². The number of rotatable bonds is 7. The fourth-order valence-corrected chi connectivity index (χ4v) is 1.99. The second kappa shape index (κ2) is 8.48. The van der Waals surface area contributed by atoms with Crippen LogP contribution in [-0.4, -0.2) is 54.3 Å². The molecular formula is C13H19N5O2S. The Hall–Kier alpha value is -1.80. The Morgan fingerprint density at radius 1 is 1.52 bits per heavy atom. The minimum atomic E-state index is -0.504. The van der Waals surface area contributed by atoms with Crippen LogP contribution >= 0.6 is 11.8 Å². The van der Waals surface area contributed by atoms with Crippen LogP contribution in [0, 0.1) is 12.3 Å². The Morgan fingerprint density at radius 3 is 2.76 bits per heavy atom. The van der Waals surface area contributed by atoms with Crippen molar-refractivity contribution >= 4 is 35.5 Å². The quantitative estimate of drug-likeness (QED) is 0.343. The van der Waals surface area contributed by atoms with Gasteiger partial charge in [-0.05, 0) is 27.2 Å². The largest absolute Gasteiger partial charge is 0.462 e. The molecule has 21 heavy (non-hydrogen) atoms. The summed E-state index contributed by atoms with van der Waals surface area (Å²) < 4.78 is 5.03. The minimum Gasteiger partial charge on any atom is -0.462 e. The van der Waals surface area contributed by atoms with Gasteiger partial charge in [-0.3, -0.25) is 0 Å². The van der Waals surface area contributed by atoms with Gasteiger partial charge in [-0.2, -0.15) is 0 Å². The third-order valence-corrected chi connectivity index (χ3v) is 3.03. The topological polar surface area (TPSA) is 100 Å². The number of nitrogens with zero attached hydrogens (tertiary/aromatic N) is 3. The van der Waals surface area contributed by atoms with E-state index in [0.717, 1.165) is 6.21 Å². The maximum absolute atomic E-state index is 12.1. The van der Waals surface area contributed by atoms with Gasteiger partial charge in [-0.1, -0.05) is 11.8 Å². The highest BCUT2D eigenvalue weighted by Gasteiger charge is 2.20. The van der Waals surface area contributed by atoms with Crippen molar-refractivity contribution in [2.45, 2.75) is 19.0 Å². The molecule has 0 spiro atoms. The molecule has 0 unspecified atom stereocenters. The first kappa shape index (κ1) is 17.3. The normalized spacial score (nSPS) is 11.3. The van der Waals surface area contributed by atoms with Crippen LogP contribution in [0.4, 0.5) is 5.82 Å². The number of aromatic nitrogens is 2. The first-order valence-electron chi connectivity index (χ1n) is 6.39. The fourth-order valence-electron chi connectivity index (χ4n) is 1.59. The van der Waals surface area contributed by atoms with Gasteiger partial charge in [0.15, 0.2) is 11.0 Å². The zero-order valence-corrected chi connectivity index (χ0v) is 13.4. The molecule has 0 aliphatic carbocycles. The SMILES string of the molecule is CCOC(=O)c1c(C)nc(SC)nc1N=C(C=N)CNC. The first-order chi connectivity index (χ1) is 10.1. The number of carbonyl (C=O) groups excluding carboxylic acids is 1. The molecule has 1 rings (SSSR count). The van der Waals surface area contributed by atoms with Crippen molar-refractivity contribution in [2.24, 2.45) is 4.99 Å². The van der Waals surface area contributed by atoms with Gasteiger partial charge in [-0.15, -0.1) is 0 Å². The van der Waals surface area contributed by atoms with Crippen LogP contribution in [0.1, 0.15) is 23.0 Å². The van der Waals surface area contributed by atoms with Crippen LogP contribution in [0.2, 0.25) is 0 Å². The maximum atomic E-state index is 12.1. The third-order valence-electron chi connectivity index (χ3n) is 2.49. The second-order valence-electron chi connectivity index (χ2n) is 3.99. The smallest absolute Gasteiger partial charge is 0.343 e. The number of esters is 1. The van der Waals surface area contributed by atoms with Crippen LogP contribution in [0.3, 0.4) is 0 Å². The van der Waals surface area contributed by atoms with Crippen LogP contribution in [0.15, 0.2) is 10.1 Å². The molecule has 1 heterocycles. The number of thioether (sulfide) groups is 1. The molecule has 0 amide bonds.